The maximum Gasteiger partial charge on any atom is 0.0662 e. The van der Waals surface area contributed by atoms with Crippen molar-refractivity contribution in [3.8, 4) is 0 Å². The van der Waals surface area contributed by atoms with Crippen molar-refractivity contribution in [2.24, 2.45) is 5.73 Å². The van der Waals surface area contributed by atoms with Crippen molar-refractivity contribution in [3.05, 3.63) is 34.9 Å². The summed E-state index contributed by atoms with van der Waals surface area (Å²) in [4.78, 5) is 0. The third-order valence-corrected chi connectivity index (χ3v) is 2.68. The van der Waals surface area contributed by atoms with E-state index in [0.717, 1.165) is 13.1 Å². The fourth-order valence-electron chi connectivity index (χ4n) is 1.86. The van der Waals surface area contributed by atoms with Gasteiger partial charge in [-0.2, -0.15) is 0 Å². The molecule has 0 radical (unpaired) electrons. The van der Waals surface area contributed by atoms with Gasteiger partial charge in [0.25, 0.3) is 0 Å². The van der Waals surface area contributed by atoms with Crippen LogP contribution in [0.4, 0.5) is 0 Å². The molecule has 1 aromatic carbocycles. The molecule has 1 aliphatic rings. The Kier molecular flexibility index (Phi) is 1.90. The summed E-state index contributed by atoms with van der Waals surface area (Å²) < 4.78 is 0. The molecular formula is C11H16N2. The fourth-order valence-corrected chi connectivity index (χ4v) is 1.86. The van der Waals surface area contributed by atoms with Crippen LogP contribution in [0.5, 0.6) is 0 Å². The van der Waals surface area contributed by atoms with Crippen molar-refractivity contribution in [3.63, 3.8) is 0 Å². The van der Waals surface area contributed by atoms with Gasteiger partial charge in [0, 0.05) is 13.1 Å². The van der Waals surface area contributed by atoms with Crippen LogP contribution in [0, 0.1) is 13.8 Å². The van der Waals surface area contributed by atoms with E-state index in [4.69, 9.17) is 5.73 Å². The van der Waals surface area contributed by atoms with Crippen molar-refractivity contribution in [2.75, 3.05) is 13.1 Å². The van der Waals surface area contributed by atoms with E-state index >= 15 is 0 Å². The lowest BCUT2D eigenvalue weighted by Crippen LogP contribution is -2.62. The molecule has 2 nitrogen and oxygen atoms in total. The van der Waals surface area contributed by atoms with Gasteiger partial charge in [-0.05, 0) is 19.4 Å². The number of nitrogens with one attached hydrogen (secondary N) is 1. The highest BCUT2D eigenvalue weighted by Gasteiger charge is 2.34. The Morgan fingerprint density at radius 2 is 1.69 bits per heavy atom. The molecule has 3 N–H and O–H groups in total. The zero-order valence-corrected chi connectivity index (χ0v) is 8.22. The Balaban J connectivity index is 2.39. The molecule has 1 aromatic rings. The number of hydrogen-bond acceptors (Lipinski definition) is 2. The smallest absolute Gasteiger partial charge is 0.0662 e. The molecule has 1 heterocycles. The first-order chi connectivity index (χ1) is 6.10. The van der Waals surface area contributed by atoms with Crippen LogP contribution in [-0.2, 0) is 5.54 Å². The van der Waals surface area contributed by atoms with Gasteiger partial charge in [0.1, 0.15) is 0 Å². The second-order valence-electron chi connectivity index (χ2n) is 4.14. The average Bonchev–Trinajstić information content (AvgIpc) is 1.98. The Morgan fingerprint density at radius 3 is 2.08 bits per heavy atom. The Labute approximate surface area is 79.1 Å². The highest BCUT2D eigenvalue weighted by Crippen LogP contribution is 2.24. The average molecular weight is 176 g/mol. The van der Waals surface area contributed by atoms with E-state index in [1.165, 1.54) is 16.7 Å². The van der Waals surface area contributed by atoms with Crippen molar-refractivity contribution in [1.82, 2.24) is 5.32 Å². The van der Waals surface area contributed by atoms with E-state index in [1.54, 1.807) is 0 Å². The lowest BCUT2D eigenvalue weighted by molar-refractivity contribution is 0.287. The lowest BCUT2D eigenvalue weighted by atomic mass is 9.84. The van der Waals surface area contributed by atoms with Gasteiger partial charge in [-0.3, -0.25) is 0 Å². The van der Waals surface area contributed by atoms with Crippen LogP contribution < -0.4 is 11.1 Å². The molecule has 0 atom stereocenters. The van der Waals surface area contributed by atoms with Crippen LogP contribution in [0.1, 0.15) is 16.7 Å². The summed E-state index contributed by atoms with van der Waals surface area (Å²) in [5.41, 5.74) is 9.95. The van der Waals surface area contributed by atoms with Crippen LogP contribution in [0.3, 0.4) is 0 Å². The zero-order valence-electron chi connectivity index (χ0n) is 8.22. The first-order valence-electron chi connectivity index (χ1n) is 4.68. The maximum atomic E-state index is 6.20. The standard InChI is InChI=1S/C11H16N2/c1-8-3-9(2)5-10(4-8)11(12)6-13-7-11/h3-5,13H,6-7,12H2,1-2H3. The Hall–Kier alpha value is -0.860. The molecule has 1 aliphatic heterocycles. The molecule has 1 fully saturated rings. The van der Waals surface area contributed by atoms with Gasteiger partial charge in [-0.15, -0.1) is 0 Å². The predicted octanol–water partition coefficient (Wildman–Crippen LogP) is 1.06. The third kappa shape index (κ3) is 1.47. The number of nitrogens with two attached hydrogens (primary N) is 1. The monoisotopic (exact) mass is 176 g/mol. The van der Waals surface area contributed by atoms with E-state index in [2.05, 4.69) is 37.4 Å². The Morgan fingerprint density at radius 1 is 1.15 bits per heavy atom. The number of benzene rings is 1. The SMILES string of the molecule is Cc1cc(C)cc(C2(N)CNC2)c1. The molecule has 0 spiro atoms. The molecule has 2 rings (SSSR count). The van der Waals surface area contributed by atoms with Crippen LogP contribution in [0.15, 0.2) is 18.2 Å². The van der Waals surface area contributed by atoms with Crippen molar-refractivity contribution < 1.29 is 0 Å². The van der Waals surface area contributed by atoms with Gasteiger partial charge in [-0.25, -0.2) is 0 Å². The zero-order chi connectivity index (χ0) is 9.47. The summed E-state index contributed by atoms with van der Waals surface area (Å²) >= 11 is 0. The fraction of sp³-hybridized carbons (Fsp3) is 0.455. The van der Waals surface area contributed by atoms with Gasteiger partial charge >= 0.3 is 0 Å². The van der Waals surface area contributed by atoms with Crippen LogP contribution in [-0.4, -0.2) is 13.1 Å². The van der Waals surface area contributed by atoms with Gasteiger partial charge in [0.2, 0.25) is 0 Å². The molecular weight excluding hydrogens is 160 g/mol. The minimum atomic E-state index is -0.114. The second kappa shape index (κ2) is 2.82. The summed E-state index contributed by atoms with van der Waals surface area (Å²) in [6, 6.07) is 6.56. The van der Waals surface area contributed by atoms with Gasteiger partial charge < -0.3 is 11.1 Å². The van der Waals surface area contributed by atoms with Gasteiger partial charge in [-0.1, -0.05) is 29.3 Å². The first kappa shape index (κ1) is 8.73. The van der Waals surface area contributed by atoms with Crippen LogP contribution in [0.25, 0.3) is 0 Å². The minimum absolute atomic E-state index is 0.114. The molecule has 2 heteroatoms. The number of aryl methyl sites for hydroxylation is 2. The quantitative estimate of drug-likeness (QED) is 0.671. The number of rotatable bonds is 1. The summed E-state index contributed by atoms with van der Waals surface area (Å²) in [5, 5.41) is 3.21. The number of hydrogen-bond donors (Lipinski definition) is 2. The normalized spacial score (nSPS) is 19.6. The van der Waals surface area contributed by atoms with E-state index in [1.807, 2.05) is 0 Å². The summed E-state index contributed by atoms with van der Waals surface area (Å²) in [7, 11) is 0. The summed E-state index contributed by atoms with van der Waals surface area (Å²) in [6.07, 6.45) is 0. The predicted molar refractivity (Wildman–Crippen MR) is 54.7 cm³/mol. The molecule has 13 heavy (non-hydrogen) atoms. The largest absolute Gasteiger partial charge is 0.319 e. The highest BCUT2D eigenvalue weighted by molar-refractivity contribution is 5.35. The van der Waals surface area contributed by atoms with E-state index < -0.39 is 0 Å². The topological polar surface area (TPSA) is 38.0 Å². The first-order valence-corrected chi connectivity index (χ1v) is 4.68. The third-order valence-electron chi connectivity index (χ3n) is 2.68. The van der Waals surface area contributed by atoms with E-state index in [0.29, 0.717) is 0 Å². The van der Waals surface area contributed by atoms with Gasteiger partial charge in [0.05, 0.1) is 5.54 Å². The molecule has 0 amide bonds. The van der Waals surface area contributed by atoms with Crippen LogP contribution >= 0.6 is 0 Å². The van der Waals surface area contributed by atoms with Gasteiger partial charge in [0.15, 0.2) is 0 Å². The molecule has 0 saturated carbocycles. The van der Waals surface area contributed by atoms with Crippen molar-refractivity contribution in [2.45, 2.75) is 19.4 Å². The lowest BCUT2D eigenvalue weighted by Gasteiger charge is -2.39. The molecule has 0 aromatic heterocycles. The molecule has 0 unspecified atom stereocenters. The highest BCUT2D eigenvalue weighted by atomic mass is 15.1. The van der Waals surface area contributed by atoms with Crippen LogP contribution in [0.2, 0.25) is 0 Å². The van der Waals surface area contributed by atoms with E-state index in [-0.39, 0.29) is 5.54 Å². The van der Waals surface area contributed by atoms with Crippen molar-refractivity contribution >= 4 is 0 Å². The summed E-state index contributed by atoms with van der Waals surface area (Å²) in [5.74, 6) is 0. The Bertz CT molecular complexity index is 307. The minimum Gasteiger partial charge on any atom is -0.319 e. The summed E-state index contributed by atoms with van der Waals surface area (Å²) in [6.45, 7) is 6.03. The second-order valence-corrected chi connectivity index (χ2v) is 4.14. The molecule has 70 valence electrons. The van der Waals surface area contributed by atoms with Crippen molar-refractivity contribution in [1.29, 1.82) is 0 Å². The molecule has 0 aliphatic carbocycles. The maximum absolute atomic E-state index is 6.20. The molecule has 1 saturated heterocycles. The van der Waals surface area contributed by atoms with E-state index in [9.17, 15) is 0 Å². The molecule has 0 bridgehead atoms.